The van der Waals surface area contributed by atoms with Crippen LogP contribution in [-0.2, 0) is 11.3 Å². The molecule has 1 aromatic carbocycles. The van der Waals surface area contributed by atoms with E-state index in [9.17, 15) is 4.79 Å². The van der Waals surface area contributed by atoms with Crippen LogP contribution in [0.2, 0.25) is 0 Å². The molecule has 1 amide bonds. The molecular weight excluding hydrogens is 330 g/mol. The first-order valence-corrected chi connectivity index (χ1v) is 8.82. The number of nitrogens with zero attached hydrogens (tertiary/aromatic N) is 2. The topological polar surface area (TPSA) is 98.5 Å². The Balaban J connectivity index is 2.35. The van der Waals surface area contributed by atoms with Crippen molar-refractivity contribution >= 4 is 12.1 Å². The van der Waals surface area contributed by atoms with Crippen molar-refractivity contribution in [3.05, 3.63) is 35.4 Å². The zero-order valence-electron chi connectivity index (χ0n) is 16.1. The fraction of sp³-hybridized carbons (Fsp3) is 0.526. The summed E-state index contributed by atoms with van der Waals surface area (Å²) in [6, 6.07) is 9.47. The minimum Gasteiger partial charge on any atom is -0.444 e. The van der Waals surface area contributed by atoms with Crippen molar-refractivity contribution < 1.29 is 9.53 Å². The average Bonchev–Trinajstić information content (AvgIpc) is 2.58. The predicted octanol–water partition coefficient (Wildman–Crippen LogP) is 2.53. The number of benzene rings is 1. The summed E-state index contributed by atoms with van der Waals surface area (Å²) in [4.78, 5) is 16.1. The third-order valence-corrected chi connectivity index (χ3v) is 3.16. The Morgan fingerprint density at radius 1 is 1.15 bits per heavy atom. The molecule has 0 saturated carbocycles. The number of guanidine groups is 1. The van der Waals surface area contributed by atoms with Gasteiger partial charge in [-0.05, 0) is 51.8 Å². The first-order valence-electron chi connectivity index (χ1n) is 8.82. The van der Waals surface area contributed by atoms with Gasteiger partial charge in [0.2, 0.25) is 0 Å². The van der Waals surface area contributed by atoms with Crippen LogP contribution in [0.5, 0.6) is 0 Å². The lowest BCUT2D eigenvalue weighted by molar-refractivity contribution is 0.0527. The zero-order valence-corrected chi connectivity index (χ0v) is 16.1. The van der Waals surface area contributed by atoms with Crippen LogP contribution in [0.15, 0.2) is 29.3 Å². The molecule has 7 heteroatoms. The minimum absolute atomic E-state index is 0.404. The molecule has 0 bridgehead atoms. The SMILES string of the molecule is CCNC(=NCc1ccc(C#N)cc1)NCCCNC(=O)OC(C)(C)C. The second-order valence-corrected chi connectivity index (χ2v) is 6.71. The quantitative estimate of drug-likeness (QED) is 0.395. The van der Waals surface area contributed by atoms with Gasteiger partial charge in [0.25, 0.3) is 0 Å². The lowest BCUT2D eigenvalue weighted by Crippen LogP contribution is -2.39. The van der Waals surface area contributed by atoms with Crippen LogP contribution >= 0.6 is 0 Å². The fourth-order valence-electron chi connectivity index (χ4n) is 2.00. The van der Waals surface area contributed by atoms with E-state index < -0.39 is 11.7 Å². The zero-order chi connectivity index (χ0) is 19.4. The summed E-state index contributed by atoms with van der Waals surface area (Å²) in [5, 5.41) is 18.0. The molecule has 0 aliphatic carbocycles. The minimum atomic E-state index is -0.487. The molecular formula is C19H29N5O2. The smallest absolute Gasteiger partial charge is 0.407 e. The lowest BCUT2D eigenvalue weighted by atomic mass is 10.1. The Hall–Kier alpha value is -2.75. The number of hydrogen-bond donors (Lipinski definition) is 3. The monoisotopic (exact) mass is 359 g/mol. The Bertz CT molecular complexity index is 627. The molecule has 0 aliphatic rings. The lowest BCUT2D eigenvalue weighted by Gasteiger charge is -2.19. The number of rotatable bonds is 7. The van der Waals surface area contributed by atoms with E-state index in [2.05, 4.69) is 27.0 Å². The summed E-state index contributed by atoms with van der Waals surface area (Å²) in [7, 11) is 0. The molecule has 3 N–H and O–H groups in total. The Kier molecular flexibility index (Phi) is 8.99. The van der Waals surface area contributed by atoms with Crippen molar-refractivity contribution in [3.63, 3.8) is 0 Å². The van der Waals surface area contributed by atoms with Crippen molar-refractivity contribution in [2.45, 2.75) is 46.3 Å². The summed E-state index contributed by atoms with van der Waals surface area (Å²) in [6.45, 7) is 9.99. The summed E-state index contributed by atoms with van der Waals surface area (Å²) < 4.78 is 5.18. The first kappa shape index (κ1) is 21.3. The van der Waals surface area contributed by atoms with Gasteiger partial charge in [0.15, 0.2) is 5.96 Å². The van der Waals surface area contributed by atoms with E-state index in [-0.39, 0.29) is 0 Å². The molecule has 142 valence electrons. The normalized spacial score (nSPS) is 11.4. The van der Waals surface area contributed by atoms with Gasteiger partial charge >= 0.3 is 6.09 Å². The van der Waals surface area contributed by atoms with E-state index in [4.69, 9.17) is 10.00 Å². The Morgan fingerprint density at radius 3 is 2.38 bits per heavy atom. The number of carbonyl (C=O) groups excluding carboxylic acids is 1. The third-order valence-electron chi connectivity index (χ3n) is 3.16. The van der Waals surface area contributed by atoms with Gasteiger partial charge in [0.1, 0.15) is 5.60 Å². The molecule has 1 aromatic rings. The maximum Gasteiger partial charge on any atom is 0.407 e. The second kappa shape index (κ2) is 11.0. The standard InChI is InChI=1S/C19H29N5O2/c1-5-21-17(24-14-16-9-7-15(13-20)8-10-16)22-11-6-12-23-18(25)26-19(2,3)4/h7-10H,5-6,11-12,14H2,1-4H3,(H,23,25)(H2,21,22,24). The van der Waals surface area contributed by atoms with Crippen LogP contribution in [0.4, 0.5) is 4.79 Å². The number of nitrogens with one attached hydrogen (secondary N) is 3. The number of nitriles is 1. The average molecular weight is 359 g/mol. The molecule has 0 aliphatic heterocycles. The first-order chi connectivity index (χ1) is 12.3. The fourth-order valence-corrected chi connectivity index (χ4v) is 2.00. The number of alkyl carbamates (subject to hydrolysis) is 1. The molecule has 0 saturated heterocycles. The van der Waals surface area contributed by atoms with Crippen LogP contribution in [0.25, 0.3) is 0 Å². The molecule has 0 fully saturated rings. The number of amides is 1. The van der Waals surface area contributed by atoms with Crippen LogP contribution in [-0.4, -0.2) is 37.3 Å². The van der Waals surface area contributed by atoms with Crippen molar-refractivity contribution in [1.29, 1.82) is 5.26 Å². The summed E-state index contributed by atoms with van der Waals surface area (Å²) in [6.07, 6.45) is 0.347. The van der Waals surface area contributed by atoms with Crippen LogP contribution in [0.3, 0.4) is 0 Å². The Labute approximate surface area is 155 Å². The predicted molar refractivity (Wildman–Crippen MR) is 103 cm³/mol. The van der Waals surface area contributed by atoms with E-state index in [0.717, 1.165) is 18.5 Å². The van der Waals surface area contributed by atoms with Gasteiger partial charge in [-0.3, -0.25) is 0 Å². The summed E-state index contributed by atoms with van der Waals surface area (Å²) in [5.41, 5.74) is 1.19. The van der Waals surface area contributed by atoms with E-state index >= 15 is 0 Å². The molecule has 26 heavy (non-hydrogen) atoms. The largest absolute Gasteiger partial charge is 0.444 e. The highest BCUT2D eigenvalue weighted by molar-refractivity contribution is 5.79. The van der Waals surface area contributed by atoms with Gasteiger partial charge in [-0.2, -0.15) is 5.26 Å². The van der Waals surface area contributed by atoms with Crippen molar-refractivity contribution in [2.24, 2.45) is 4.99 Å². The summed E-state index contributed by atoms with van der Waals surface area (Å²) in [5.74, 6) is 0.717. The van der Waals surface area contributed by atoms with E-state index in [1.165, 1.54) is 0 Å². The van der Waals surface area contributed by atoms with Crippen LogP contribution < -0.4 is 16.0 Å². The molecule has 1 rings (SSSR count). The third kappa shape index (κ3) is 9.52. The Morgan fingerprint density at radius 2 is 1.81 bits per heavy atom. The second-order valence-electron chi connectivity index (χ2n) is 6.71. The van der Waals surface area contributed by atoms with E-state index in [0.29, 0.717) is 31.2 Å². The molecule has 0 unspecified atom stereocenters. The number of carbonyl (C=O) groups is 1. The molecule has 7 nitrogen and oxygen atoms in total. The number of ether oxygens (including phenoxy) is 1. The highest BCUT2D eigenvalue weighted by Gasteiger charge is 2.15. The summed E-state index contributed by atoms with van der Waals surface area (Å²) >= 11 is 0. The van der Waals surface area contributed by atoms with Gasteiger partial charge < -0.3 is 20.7 Å². The highest BCUT2D eigenvalue weighted by atomic mass is 16.6. The van der Waals surface area contributed by atoms with Gasteiger partial charge in [0.05, 0.1) is 18.2 Å². The van der Waals surface area contributed by atoms with Crippen LogP contribution in [0, 0.1) is 11.3 Å². The van der Waals surface area contributed by atoms with Crippen molar-refractivity contribution in [1.82, 2.24) is 16.0 Å². The van der Waals surface area contributed by atoms with Gasteiger partial charge in [-0.15, -0.1) is 0 Å². The highest BCUT2D eigenvalue weighted by Crippen LogP contribution is 2.06. The molecule has 0 radical (unpaired) electrons. The van der Waals surface area contributed by atoms with Crippen molar-refractivity contribution in [3.8, 4) is 6.07 Å². The van der Waals surface area contributed by atoms with E-state index in [1.807, 2.05) is 39.8 Å². The van der Waals surface area contributed by atoms with E-state index in [1.54, 1.807) is 12.1 Å². The van der Waals surface area contributed by atoms with Gasteiger partial charge in [-0.1, -0.05) is 12.1 Å². The number of hydrogen-bond acceptors (Lipinski definition) is 4. The van der Waals surface area contributed by atoms with Gasteiger partial charge in [-0.25, -0.2) is 9.79 Å². The van der Waals surface area contributed by atoms with Gasteiger partial charge in [0, 0.05) is 19.6 Å². The maximum atomic E-state index is 11.6. The number of aliphatic imine (C=N–C) groups is 1. The maximum absolute atomic E-state index is 11.6. The molecule has 0 atom stereocenters. The van der Waals surface area contributed by atoms with Crippen LogP contribution in [0.1, 0.15) is 45.2 Å². The van der Waals surface area contributed by atoms with Crippen molar-refractivity contribution in [2.75, 3.05) is 19.6 Å². The molecule has 0 aromatic heterocycles. The molecule has 0 spiro atoms. The molecule has 0 heterocycles.